The van der Waals surface area contributed by atoms with E-state index >= 15 is 0 Å². The fourth-order valence-corrected chi connectivity index (χ4v) is 3.76. The fourth-order valence-electron chi connectivity index (χ4n) is 2.45. The summed E-state index contributed by atoms with van der Waals surface area (Å²) in [5, 5.41) is 12.5. The van der Waals surface area contributed by atoms with Gasteiger partial charge in [-0.2, -0.15) is 4.31 Å². The molecule has 6 nitrogen and oxygen atoms in total. The third-order valence-corrected chi connectivity index (χ3v) is 5.50. The molecule has 0 saturated heterocycles. The van der Waals surface area contributed by atoms with E-state index in [9.17, 15) is 13.5 Å². The van der Waals surface area contributed by atoms with Crippen molar-refractivity contribution in [1.29, 1.82) is 0 Å². The van der Waals surface area contributed by atoms with Gasteiger partial charge in [0.2, 0.25) is 0 Å². The van der Waals surface area contributed by atoms with Crippen LogP contribution in [0.1, 0.15) is 26.2 Å². The zero-order chi connectivity index (χ0) is 15.5. The Balaban J connectivity index is 2.14. The number of sulfonamides is 1. The zero-order valence-corrected chi connectivity index (χ0v) is 13.3. The molecule has 1 fully saturated rings. The largest absolute Gasteiger partial charge is 0.393 e. The highest BCUT2D eigenvalue weighted by Crippen LogP contribution is 2.30. The first-order chi connectivity index (χ1) is 9.95. The fraction of sp³-hybridized carbons (Fsp3) is 0.643. The van der Waals surface area contributed by atoms with Crippen LogP contribution in [0.5, 0.6) is 0 Å². The summed E-state index contributed by atoms with van der Waals surface area (Å²) in [7, 11) is -2.04. The minimum absolute atomic E-state index is 0.0702. The van der Waals surface area contributed by atoms with Gasteiger partial charge in [0, 0.05) is 26.3 Å². The van der Waals surface area contributed by atoms with Gasteiger partial charge in [0.1, 0.15) is 0 Å². The van der Waals surface area contributed by atoms with Crippen LogP contribution in [0.3, 0.4) is 0 Å². The van der Waals surface area contributed by atoms with Crippen molar-refractivity contribution in [2.24, 2.45) is 5.92 Å². The lowest BCUT2D eigenvalue weighted by Crippen LogP contribution is -2.39. The number of aliphatic hydroxyl groups is 1. The van der Waals surface area contributed by atoms with Gasteiger partial charge >= 0.3 is 0 Å². The van der Waals surface area contributed by atoms with Crippen LogP contribution in [0.25, 0.3) is 0 Å². The molecule has 0 aromatic carbocycles. The first-order valence-electron chi connectivity index (χ1n) is 7.28. The maximum Gasteiger partial charge on any atom is 0.262 e. The number of hydrogen-bond donors (Lipinski definition) is 2. The van der Waals surface area contributed by atoms with E-state index in [1.807, 2.05) is 6.92 Å². The molecule has 0 bridgehead atoms. The van der Waals surface area contributed by atoms with Crippen molar-refractivity contribution in [3.05, 3.63) is 18.3 Å². The standard InChI is InChI=1S/C14H23N3O3S/c1-3-6-15-13-5-4-7-16-14(13)21(19,20)17(2)10-11-8-12(18)9-11/h4-5,7,11-12,15,18H,3,6,8-10H2,1-2H3. The summed E-state index contributed by atoms with van der Waals surface area (Å²) < 4.78 is 26.6. The van der Waals surface area contributed by atoms with E-state index in [0.717, 1.165) is 6.42 Å². The first kappa shape index (κ1) is 16.2. The molecule has 1 heterocycles. The van der Waals surface area contributed by atoms with Crippen molar-refractivity contribution in [3.63, 3.8) is 0 Å². The van der Waals surface area contributed by atoms with Gasteiger partial charge in [-0.25, -0.2) is 13.4 Å². The number of hydrogen-bond acceptors (Lipinski definition) is 5. The summed E-state index contributed by atoms with van der Waals surface area (Å²) >= 11 is 0. The Bertz CT molecular complexity index is 571. The molecule has 118 valence electrons. The summed E-state index contributed by atoms with van der Waals surface area (Å²) in [5.41, 5.74) is 0.542. The molecule has 1 saturated carbocycles. The second-order valence-electron chi connectivity index (χ2n) is 5.56. The Labute approximate surface area is 126 Å². The summed E-state index contributed by atoms with van der Waals surface area (Å²) in [6.45, 7) is 3.14. The average molecular weight is 313 g/mol. The van der Waals surface area contributed by atoms with Crippen molar-refractivity contribution < 1.29 is 13.5 Å². The van der Waals surface area contributed by atoms with Crippen LogP contribution in [0.2, 0.25) is 0 Å². The highest BCUT2D eigenvalue weighted by Gasteiger charge is 2.33. The van der Waals surface area contributed by atoms with Crippen molar-refractivity contribution >= 4 is 15.7 Å². The maximum absolute atomic E-state index is 12.6. The number of aliphatic hydroxyl groups excluding tert-OH is 1. The molecule has 1 aliphatic rings. The molecule has 2 rings (SSSR count). The molecule has 0 aliphatic heterocycles. The van der Waals surface area contributed by atoms with Crippen molar-refractivity contribution in [2.45, 2.75) is 37.3 Å². The smallest absolute Gasteiger partial charge is 0.262 e. The van der Waals surface area contributed by atoms with Crippen molar-refractivity contribution in [1.82, 2.24) is 9.29 Å². The number of nitrogens with zero attached hydrogens (tertiary/aromatic N) is 2. The molecule has 0 amide bonds. The van der Waals surface area contributed by atoms with Crippen LogP contribution in [-0.4, -0.2) is 49.1 Å². The number of nitrogens with one attached hydrogen (secondary N) is 1. The number of aromatic nitrogens is 1. The maximum atomic E-state index is 12.6. The predicted molar refractivity (Wildman–Crippen MR) is 81.6 cm³/mol. The van der Waals surface area contributed by atoms with Crippen LogP contribution < -0.4 is 5.32 Å². The average Bonchev–Trinajstić information content (AvgIpc) is 2.43. The zero-order valence-electron chi connectivity index (χ0n) is 12.5. The molecule has 1 aromatic rings. The Hall–Kier alpha value is -1.18. The van der Waals surface area contributed by atoms with Crippen molar-refractivity contribution in [2.75, 3.05) is 25.5 Å². The van der Waals surface area contributed by atoms with Crippen LogP contribution in [0.4, 0.5) is 5.69 Å². The molecular formula is C14H23N3O3S. The monoisotopic (exact) mass is 313 g/mol. The molecule has 0 unspecified atom stereocenters. The quantitative estimate of drug-likeness (QED) is 0.793. The Morgan fingerprint density at radius 2 is 2.19 bits per heavy atom. The molecule has 21 heavy (non-hydrogen) atoms. The van der Waals surface area contributed by atoms with Crippen molar-refractivity contribution in [3.8, 4) is 0 Å². The lowest BCUT2D eigenvalue weighted by atomic mass is 9.82. The molecule has 7 heteroatoms. The molecule has 0 atom stereocenters. The molecular weight excluding hydrogens is 290 g/mol. The SMILES string of the molecule is CCCNc1cccnc1S(=O)(=O)N(C)CC1CC(O)C1. The van der Waals surface area contributed by atoms with Gasteiger partial charge in [-0.3, -0.25) is 0 Å². The van der Waals surface area contributed by atoms with E-state index in [1.165, 1.54) is 10.5 Å². The third-order valence-electron chi connectivity index (χ3n) is 3.72. The summed E-state index contributed by atoms with van der Waals surface area (Å²) in [6, 6.07) is 3.45. The number of anilines is 1. The van der Waals surface area contributed by atoms with E-state index in [2.05, 4.69) is 10.3 Å². The van der Waals surface area contributed by atoms with E-state index in [0.29, 0.717) is 31.6 Å². The van der Waals surface area contributed by atoms with Gasteiger partial charge in [-0.05, 0) is 37.3 Å². The Morgan fingerprint density at radius 1 is 1.48 bits per heavy atom. The van der Waals surface area contributed by atoms with Crippen LogP contribution in [-0.2, 0) is 10.0 Å². The van der Waals surface area contributed by atoms with Gasteiger partial charge in [-0.15, -0.1) is 0 Å². The highest BCUT2D eigenvalue weighted by molar-refractivity contribution is 7.89. The van der Waals surface area contributed by atoms with E-state index in [-0.39, 0.29) is 17.0 Å². The Kier molecular flexibility index (Phi) is 5.18. The second kappa shape index (κ2) is 6.72. The van der Waals surface area contributed by atoms with E-state index < -0.39 is 10.0 Å². The van der Waals surface area contributed by atoms with E-state index in [1.54, 1.807) is 19.2 Å². The van der Waals surface area contributed by atoms with Gasteiger partial charge in [0.25, 0.3) is 10.0 Å². The molecule has 1 aliphatic carbocycles. The summed E-state index contributed by atoms with van der Waals surface area (Å²) in [4.78, 5) is 4.05. The Morgan fingerprint density at radius 3 is 2.81 bits per heavy atom. The molecule has 2 N–H and O–H groups in total. The van der Waals surface area contributed by atoms with Crippen LogP contribution in [0.15, 0.2) is 23.4 Å². The lowest BCUT2D eigenvalue weighted by molar-refractivity contribution is 0.0367. The molecule has 0 radical (unpaired) electrons. The first-order valence-corrected chi connectivity index (χ1v) is 8.72. The number of rotatable bonds is 7. The second-order valence-corrected chi connectivity index (χ2v) is 7.52. The summed E-state index contributed by atoms with van der Waals surface area (Å²) in [6.07, 6.45) is 3.46. The van der Waals surface area contributed by atoms with Gasteiger partial charge in [-0.1, -0.05) is 6.92 Å². The lowest BCUT2D eigenvalue weighted by Gasteiger charge is -2.34. The van der Waals surface area contributed by atoms with Gasteiger partial charge in [0.05, 0.1) is 11.8 Å². The topological polar surface area (TPSA) is 82.5 Å². The minimum atomic E-state index is -3.61. The normalized spacial score (nSPS) is 22.1. The summed E-state index contributed by atoms with van der Waals surface area (Å²) in [5.74, 6) is 0.232. The van der Waals surface area contributed by atoms with Gasteiger partial charge < -0.3 is 10.4 Å². The third kappa shape index (κ3) is 3.72. The number of pyridine rings is 1. The van der Waals surface area contributed by atoms with Crippen LogP contribution >= 0.6 is 0 Å². The molecule has 1 aromatic heterocycles. The highest BCUT2D eigenvalue weighted by atomic mass is 32.2. The predicted octanol–water partition coefficient (Wildman–Crippen LogP) is 1.29. The van der Waals surface area contributed by atoms with Crippen LogP contribution in [0, 0.1) is 5.92 Å². The van der Waals surface area contributed by atoms with E-state index in [4.69, 9.17) is 0 Å². The van der Waals surface area contributed by atoms with Gasteiger partial charge in [0.15, 0.2) is 5.03 Å². The molecule has 0 spiro atoms. The minimum Gasteiger partial charge on any atom is -0.393 e.